The summed E-state index contributed by atoms with van der Waals surface area (Å²) in [6.45, 7) is 10.9. The van der Waals surface area contributed by atoms with Crippen molar-refractivity contribution in [2.75, 3.05) is 5.73 Å². The average Bonchev–Trinajstić information content (AvgIpc) is 2.68. The Hall–Kier alpha value is -1.55. The first-order valence-electron chi connectivity index (χ1n) is 6.58. The number of hydrogen-bond acceptors (Lipinski definition) is 2. The van der Waals surface area contributed by atoms with Crippen LogP contribution in [-0.2, 0) is 12.0 Å². The Bertz CT molecular complexity index is 636. The molecule has 20 heavy (non-hydrogen) atoms. The van der Waals surface area contributed by atoms with Crippen molar-refractivity contribution in [3.63, 3.8) is 0 Å². The van der Waals surface area contributed by atoms with Crippen molar-refractivity contribution in [3.8, 4) is 11.3 Å². The fraction of sp³-hybridized carbons (Fsp3) is 0.312. The second kappa shape index (κ2) is 5.44. The summed E-state index contributed by atoms with van der Waals surface area (Å²) in [6, 6.07) is 7.99. The summed E-state index contributed by atoms with van der Waals surface area (Å²) < 4.78 is 3.03. The van der Waals surface area contributed by atoms with Crippen LogP contribution in [0.5, 0.6) is 0 Å². The maximum absolute atomic E-state index is 6.32. The Morgan fingerprint density at radius 3 is 2.55 bits per heavy atom. The first-order valence-corrected chi connectivity index (χ1v) is 7.38. The maximum atomic E-state index is 6.32. The van der Waals surface area contributed by atoms with Gasteiger partial charge in [0.25, 0.3) is 0 Å². The van der Waals surface area contributed by atoms with Gasteiger partial charge in [0, 0.05) is 22.0 Å². The first-order chi connectivity index (χ1) is 9.36. The number of aromatic nitrogens is 2. The van der Waals surface area contributed by atoms with E-state index in [4.69, 9.17) is 10.7 Å². The van der Waals surface area contributed by atoms with Gasteiger partial charge in [-0.2, -0.15) is 0 Å². The smallest absolute Gasteiger partial charge is 0.132 e. The highest BCUT2D eigenvalue weighted by Gasteiger charge is 2.25. The molecular weight excluding hydrogens is 314 g/mol. The van der Waals surface area contributed by atoms with Gasteiger partial charge in [0.1, 0.15) is 17.3 Å². The minimum absolute atomic E-state index is 0.0728. The zero-order chi connectivity index (χ0) is 14.9. The molecule has 1 heterocycles. The molecule has 0 spiro atoms. The van der Waals surface area contributed by atoms with Crippen LogP contribution < -0.4 is 5.73 Å². The van der Waals surface area contributed by atoms with Crippen LogP contribution in [0, 0.1) is 0 Å². The van der Waals surface area contributed by atoms with E-state index in [2.05, 4.69) is 43.3 Å². The Morgan fingerprint density at radius 1 is 1.35 bits per heavy atom. The van der Waals surface area contributed by atoms with E-state index in [9.17, 15) is 0 Å². The third kappa shape index (κ3) is 2.66. The highest BCUT2D eigenvalue weighted by atomic mass is 79.9. The topological polar surface area (TPSA) is 43.8 Å². The minimum Gasteiger partial charge on any atom is -0.383 e. The average molecular weight is 334 g/mol. The van der Waals surface area contributed by atoms with Crippen LogP contribution in [0.2, 0.25) is 0 Å². The van der Waals surface area contributed by atoms with Crippen LogP contribution in [0.1, 0.15) is 26.6 Å². The highest BCUT2D eigenvalue weighted by molar-refractivity contribution is 9.10. The lowest BCUT2D eigenvalue weighted by molar-refractivity contribution is 0.515. The Balaban J connectivity index is 2.68. The molecule has 0 saturated carbocycles. The van der Waals surface area contributed by atoms with E-state index in [1.807, 2.05) is 34.9 Å². The summed E-state index contributed by atoms with van der Waals surface area (Å²) in [5.41, 5.74) is 8.08. The molecule has 0 aliphatic carbocycles. The van der Waals surface area contributed by atoms with Crippen LogP contribution in [0.3, 0.4) is 0 Å². The molecule has 0 unspecified atom stereocenters. The second-order valence-corrected chi connectivity index (χ2v) is 6.65. The van der Waals surface area contributed by atoms with E-state index < -0.39 is 0 Å². The third-order valence-electron chi connectivity index (χ3n) is 3.12. The SMILES string of the molecule is C=CCn1c(C(C)(C)C)nc(-c2ccccc2Br)c1N. The molecule has 0 aliphatic rings. The van der Waals surface area contributed by atoms with E-state index in [0.717, 1.165) is 21.6 Å². The minimum atomic E-state index is -0.0728. The van der Waals surface area contributed by atoms with Gasteiger partial charge in [-0.25, -0.2) is 4.98 Å². The third-order valence-corrected chi connectivity index (χ3v) is 3.81. The lowest BCUT2D eigenvalue weighted by Gasteiger charge is -2.19. The number of anilines is 1. The summed E-state index contributed by atoms with van der Waals surface area (Å²) >= 11 is 3.57. The quantitative estimate of drug-likeness (QED) is 0.847. The zero-order valence-electron chi connectivity index (χ0n) is 12.2. The molecule has 0 aliphatic heterocycles. The monoisotopic (exact) mass is 333 g/mol. The van der Waals surface area contributed by atoms with Gasteiger partial charge in [0.05, 0.1) is 0 Å². The molecule has 0 radical (unpaired) electrons. The maximum Gasteiger partial charge on any atom is 0.132 e. The molecule has 0 amide bonds. The van der Waals surface area contributed by atoms with Crippen LogP contribution in [0.25, 0.3) is 11.3 Å². The summed E-state index contributed by atoms with van der Waals surface area (Å²) in [4.78, 5) is 4.79. The number of nitrogen functional groups attached to an aromatic ring is 1. The van der Waals surface area contributed by atoms with Crippen molar-refractivity contribution in [2.24, 2.45) is 0 Å². The summed E-state index contributed by atoms with van der Waals surface area (Å²) in [5, 5.41) is 0. The molecule has 0 bridgehead atoms. The molecule has 106 valence electrons. The van der Waals surface area contributed by atoms with Gasteiger partial charge in [-0.1, -0.05) is 61.0 Å². The molecule has 1 aromatic heterocycles. The molecule has 3 nitrogen and oxygen atoms in total. The van der Waals surface area contributed by atoms with E-state index in [1.54, 1.807) is 0 Å². The number of benzene rings is 1. The predicted octanol–water partition coefficient (Wildman–Crippen LogP) is 4.38. The number of allylic oxidation sites excluding steroid dienone is 1. The van der Waals surface area contributed by atoms with Gasteiger partial charge in [-0.3, -0.25) is 0 Å². The number of nitrogens with two attached hydrogens (primary N) is 1. The van der Waals surface area contributed by atoms with Crippen molar-refractivity contribution >= 4 is 21.7 Å². The number of hydrogen-bond donors (Lipinski definition) is 1. The summed E-state index contributed by atoms with van der Waals surface area (Å²) in [5.74, 6) is 1.65. The van der Waals surface area contributed by atoms with Gasteiger partial charge in [-0.05, 0) is 6.07 Å². The number of nitrogens with zero attached hydrogens (tertiary/aromatic N) is 2. The lowest BCUT2D eigenvalue weighted by atomic mass is 9.95. The number of halogens is 1. The molecule has 2 aromatic rings. The first kappa shape index (κ1) is 14.9. The molecular formula is C16H20BrN3. The Kier molecular flexibility index (Phi) is 4.04. The standard InChI is InChI=1S/C16H20BrN3/c1-5-10-20-14(18)13(19-15(20)16(2,3)4)11-8-6-7-9-12(11)17/h5-9H,1,10,18H2,2-4H3. The van der Waals surface area contributed by atoms with Gasteiger partial charge in [0.15, 0.2) is 0 Å². The normalized spacial score (nSPS) is 11.6. The van der Waals surface area contributed by atoms with Crippen LogP contribution in [-0.4, -0.2) is 9.55 Å². The van der Waals surface area contributed by atoms with Gasteiger partial charge < -0.3 is 10.3 Å². The fourth-order valence-corrected chi connectivity index (χ4v) is 2.68. The van der Waals surface area contributed by atoms with Gasteiger partial charge in [-0.15, -0.1) is 6.58 Å². The molecule has 2 rings (SSSR count). The van der Waals surface area contributed by atoms with E-state index >= 15 is 0 Å². The van der Waals surface area contributed by atoms with Crippen molar-refractivity contribution in [1.82, 2.24) is 9.55 Å². The fourth-order valence-electron chi connectivity index (χ4n) is 2.20. The Morgan fingerprint density at radius 2 is 2.00 bits per heavy atom. The summed E-state index contributed by atoms with van der Waals surface area (Å²) in [7, 11) is 0. The molecule has 0 saturated heterocycles. The van der Waals surface area contributed by atoms with Gasteiger partial charge in [0.2, 0.25) is 0 Å². The number of imidazole rings is 1. The van der Waals surface area contributed by atoms with Crippen LogP contribution in [0.15, 0.2) is 41.4 Å². The summed E-state index contributed by atoms with van der Waals surface area (Å²) in [6.07, 6.45) is 1.84. The molecule has 1 aromatic carbocycles. The lowest BCUT2D eigenvalue weighted by Crippen LogP contribution is -2.19. The van der Waals surface area contributed by atoms with Crippen molar-refractivity contribution < 1.29 is 0 Å². The molecule has 2 N–H and O–H groups in total. The Labute approximate surface area is 128 Å². The highest BCUT2D eigenvalue weighted by Crippen LogP contribution is 2.35. The van der Waals surface area contributed by atoms with Gasteiger partial charge >= 0.3 is 0 Å². The molecule has 0 atom stereocenters. The van der Waals surface area contributed by atoms with Crippen LogP contribution in [0.4, 0.5) is 5.82 Å². The number of rotatable bonds is 3. The molecule has 0 fully saturated rings. The van der Waals surface area contributed by atoms with Crippen molar-refractivity contribution in [3.05, 3.63) is 47.2 Å². The van der Waals surface area contributed by atoms with Crippen molar-refractivity contribution in [2.45, 2.75) is 32.7 Å². The largest absolute Gasteiger partial charge is 0.383 e. The van der Waals surface area contributed by atoms with E-state index in [1.165, 1.54) is 0 Å². The van der Waals surface area contributed by atoms with E-state index in [0.29, 0.717) is 12.4 Å². The van der Waals surface area contributed by atoms with Crippen LogP contribution >= 0.6 is 15.9 Å². The molecule has 4 heteroatoms. The second-order valence-electron chi connectivity index (χ2n) is 5.80. The predicted molar refractivity (Wildman–Crippen MR) is 88.7 cm³/mol. The zero-order valence-corrected chi connectivity index (χ0v) is 13.7. The van der Waals surface area contributed by atoms with Crippen molar-refractivity contribution in [1.29, 1.82) is 0 Å². The van der Waals surface area contributed by atoms with E-state index in [-0.39, 0.29) is 5.41 Å².